The fourth-order valence-corrected chi connectivity index (χ4v) is 5.06. The summed E-state index contributed by atoms with van der Waals surface area (Å²) in [5, 5.41) is 7.98. The topological polar surface area (TPSA) is 86.1 Å². The van der Waals surface area contributed by atoms with Crippen molar-refractivity contribution < 1.29 is 9.59 Å². The van der Waals surface area contributed by atoms with E-state index in [0.29, 0.717) is 51.6 Å². The minimum atomic E-state index is 0.00578. The van der Waals surface area contributed by atoms with Crippen molar-refractivity contribution in [1.29, 1.82) is 0 Å². The Morgan fingerprint density at radius 3 is 2.56 bits per heavy atom. The van der Waals surface area contributed by atoms with Crippen molar-refractivity contribution in [2.45, 2.75) is 33.1 Å². The molecule has 9 heteroatoms. The van der Waals surface area contributed by atoms with Crippen LogP contribution in [0.25, 0.3) is 5.65 Å². The lowest BCUT2D eigenvalue weighted by molar-refractivity contribution is -0.143. The number of hydrogen-bond donors (Lipinski definition) is 1. The third-order valence-corrected chi connectivity index (χ3v) is 6.84. The van der Waals surface area contributed by atoms with Crippen molar-refractivity contribution in [2.75, 3.05) is 57.3 Å². The van der Waals surface area contributed by atoms with Crippen LogP contribution in [0.15, 0.2) is 12.3 Å². The van der Waals surface area contributed by atoms with Gasteiger partial charge in [0.25, 0.3) is 0 Å². The number of carbonyl (C=O) groups excluding carboxylic acids is 2. The van der Waals surface area contributed by atoms with E-state index in [-0.39, 0.29) is 17.7 Å². The van der Waals surface area contributed by atoms with Crippen LogP contribution in [0, 0.1) is 11.8 Å². The van der Waals surface area contributed by atoms with Crippen LogP contribution in [-0.4, -0.2) is 88.6 Å². The molecule has 3 aliphatic heterocycles. The van der Waals surface area contributed by atoms with E-state index in [2.05, 4.69) is 29.2 Å². The molecule has 0 aliphatic carbocycles. The Hall–Kier alpha value is -2.68. The smallest absolute Gasteiger partial charge is 0.229 e. The Morgan fingerprint density at radius 1 is 1.09 bits per heavy atom. The summed E-state index contributed by atoms with van der Waals surface area (Å²) in [7, 11) is 0. The average molecular weight is 440 g/mol. The number of nitrogens with zero attached hydrogens (tertiary/aromatic N) is 6. The van der Waals surface area contributed by atoms with Crippen molar-refractivity contribution in [1.82, 2.24) is 29.7 Å². The van der Waals surface area contributed by atoms with E-state index in [0.717, 1.165) is 43.1 Å². The first-order chi connectivity index (χ1) is 15.5. The summed E-state index contributed by atoms with van der Waals surface area (Å²) in [6.07, 6.45) is 4.22. The summed E-state index contributed by atoms with van der Waals surface area (Å²) in [5.74, 6) is 1.90. The zero-order chi connectivity index (χ0) is 22.2. The number of aromatic nitrogens is 3. The highest BCUT2D eigenvalue weighted by Gasteiger charge is 2.39. The minimum Gasteiger partial charge on any atom is -0.354 e. The second-order valence-electron chi connectivity index (χ2n) is 9.62. The third-order valence-electron chi connectivity index (χ3n) is 6.84. The zero-order valence-corrected chi connectivity index (χ0v) is 19.1. The molecule has 0 saturated carbocycles. The van der Waals surface area contributed by atoms with Gasteiger partial charge in [0.05, 0.1) is 17.8 Å². The molecule has 2 amide bonds. The standard InChI is InChI=1S/C23H33N7O2/c1-16(2)13-21(31)27-9-11-28(12-10-27)23(32)17-14-29(15-17)22-18-3-6-24-7-4-19(18)26-20-5-8-25-30(20)22/h5,8,16-17,24H,3-4,6-7,9-15H2,1-2H3. The largest absolute Gasteiger partial charge is 0.354 e. The summed E-state index contributed by atoms with van der Waals surface area (Å²) in [6, 6.07) is 1.95. The van der Waals surface area contributed by atoms with Gasteiger partial charge in [-0.1, -0.05) is 13.8 Å². The van der Waals surface area contributed by atoms with Gasteiger partial charge in [-0.05, 0) is 18.9 Å². The average Bonchev–Trinajstić information content (AvgIpc) is 3.08. The Morgan fingerprint density at radius 2 is 1.81 bits per heavy atom. The van der Waals surface area contributed by atoms with Crippen LogP contribution in [0.3, 0.4) is 0 Å². The van der Waals surface area contributed by atoms with Crippen LogP contribution >= 0.6 is 0 Å². The van der Waals surface area contributed by atoms with E-state index < -0.39 is 0 Å². The highest BCUT2D eigenvalue weighted by Crippen LogP contribution is 2.32. The number of piperazine rings is 1. The molecular formula is C23H33N7O2. The van der Waals surface area contributed by atoms with Gasteiger partial charge < -0.3 is 20.0 Å². The maximum absolute atomic E-state index is 13.1. The summed E-state index contributed by atoms with van der Waals surface area (Å²) in [6.45, 7) is 10.00. The SMILES string of the molecule is CC(C)CC(=O)N1CCN(C(=O)C2CN(c3c4c(nc5ccnn35)CCNCC4)C2)CC1. The zero-order valence-electron chi connectivity index (χ0n) is 19.1. The van der Waals surface area contributed by atoms with Crippen LogP contribution in [0.1, 0.15) is 31.5 Å². The van der Waals surface area contributed by atoms with Crippen molar-refractivity contribution in [3.05, 3.63) is 23.5 Å². The molecule has 2 aromatic heterocycles. The van der Waals surface area contributed by atoms with Crippen molar-refractivity contribution in [3.8, 4) is 0 Å². The number of carbonyl (C=O) groups is 2. The van der Waals surface area contributed by atoms with Crippen LogP contribution in [0.2, 0.25) is 0 Å². The van der Waals surface area contributed by atoms with Gasteiger partial charge >= 0.3 is 0 Å². The second kappa shape index (κ2) is 8.69. The van der Waals surface area contributed by atoms with E-state index in [9.17, 15) is 9.59 Å². The molecule has 2 fully saturated rings. The second-order valence-corrected chi connectivity index (χ2v) is 9.62. The van der Waals surface area contributed by atoms with Gasteiger partial charge in [0.1, 0.15) is 5.82 Å². The van der Waals surface area contributed by atoms with Gasteiger partial charge in [0.2, 0.25) is 11.8 Å². The summed E-state index contributed by atoms with van der Waals surface area (Å²) < 4.78 is 1.93. The summed E-state index contributed by atoms with van der Waals surface area (Å²) in [5.41, 5.74) is 3.28. The molecular weight excluding hydrogens is 406 g/mol. The first-order valence-corrected chi connectivity index (χ1v) is 11.9. The molecule has 0 radical (unpaired) electrons. The number of amides is 2. The lowest BCUT2D eigenvalue weighted by atomic mass is 9.96. The molecule has 3 aliphatic rings. The van der Waals surface area contributed by atoms with Crippen LogP contribution in [0.4, 0.5) is 5.82 Å². The molecule has 5 rings (SSSR count). The predicted molar refractivity (Wildman–Crippen MR) is 122 cm³/mol. The van der Waals surface area contributed by atoms with Gasteiger partial charge in [-0.25, -0.2) is 4.98 Å². The molecule has 0 bridgehead atoms. The first-order valence-electron chi connectivity index (χ1n) is 11.9. The van der Waals surface area contributed by atoms with Gasteiger partial charge in [-0.3, -0.25) is 9.59 Å². The number of fused-ring (bicyclic) bond motifs is 2. The summed E-state index contributed by atoms with van der Waals surface area (Å²) in [4.78, 5) is 36.4. The molecule has 2 saturated heterocycles. The maximum Gasteiger partial charge on any atom is 0.229 e. The quantitative estimate of drug-likeness (QED) is 0.750. The summed E-state index contributed by atoms with van der Waals surface area (Å²) >= 11 is 0. The van der Waals surface area contributed by atoms with Gasteiger partial charge in [-0.2, -0.15) is 9.61 Å². The van der Waals surface area contributed by atoms with Gasteiger partial charge in [-0.15, -0.1) is 0 Å². The Labute approximate surface area is 188 Å². The highest BCUT2D eigenvalue weighted by atomic mass is 16.2. The molecule has 2 aromatic rings. The molecule has 0 spiro atoms. The first kappa shape index (κ1) is 21.2. The van der Waals surface area contributed by atoms with Gasteiger partial charge in [0, 0.05) is 70.3 Å². The number of anilines is 1. The molecule has 9 nitrogen and oxygen atoms in total. The van der Waals surface area contributed by atoms with E-state index in [1.165, 1.54) is 5.56 Å². The minimum absolute atomic E-state index is 0.00578. The number of hydrogen-bond acceptors (Lipinski definition) is 6. The van der Waals surface area contributed by atoms with E-state index in [1.54, 1.807) is 6.20 Å². The molecule has 0 unspecified atom stereocenters. The molecule has 1 N–H and O–H groups in total. The Balaban J connectivity index is 1.24. The van der Waals surface area contributed by atoms with E-state index in [1.807, 2.05) is 20.4 Å². The number of nitrogens with one attached hydrogen (secondary N) is 1. The fourth-order valence-electron chi connectivity index (χ4n) is 5.06. The predicted octanol–water partition coefficient (Wildman–Crippen LogP) is 0.571. The van der Waals surface area contributed by atoms with E-state index in [4.69, 9.17) is 4.98 Å². The molecule has 172 valence electrons. The van der Waals surface area contributed by atoms with Crippen molar-refractivity contribution in [3.63, 3.8) is 0 Å². The monoisotopic (exact) mass is 439 g/mol. The van der Waals surface area contributed by atoms with Crippen molar-refractivity contribution >= 4 is 23.3 Å². The third kappa shape index (κ3) is 3.94. The van der Waals surface area contributed by atoms with E-state index >= 15 is 0 Å². The van der Waals surface area contributed by atoms with Gasteiger partial charge in [0.15, 0.2) is 5.65 Å². The molecule has 32 heavy (non-hydrogen) atoms. The molecule has 0 atom stereocenters. The fraction of sp³-hybridized carbons (Fsp3) is 0.652. The maximum atomic E-state index is 13.1. The molecule has 5 heterocycles. The Kier molecular flexibility index (Phi) is 5.75. The highest BCUT2D eigenvalue weighted by molar-refractivity contribution is 5.83. The lowest BCUT2D eigenvalue weighted by Gasteiger charge is -2.44. The van der Waals surface area contributed by atoms with Crippen LogP contribution in [-0.2, 0) is 22.4 Å². The van der Waals surface area contributed by atoms with Crippen molar-refractivity contribution in [2.24, 2.45) is 11.8 Å². The normalized spacial score (nSPS) is 19.8. The van der Waals surface area contributed by atoms with Crippen LogP contribution < -0.4 is 10.2 Å². The molecule has 0 aromatic carbocycles. The lowest BCUT2D eigenvalue weighted by Crippen LogP contribution is -2.59. The number of rotatable bonds is 4. The van der Waals surface area contributed by atoms with Crippen LogP contribution in [0.5, 0.6) is 0 Å². The Bertz CT molecular complexity index is 1000.